The lowest BCUT2D eigenvalue weighted by Gasteiger charge is -2.20. The van der Waals surface area contributed by atoms with Crippen LogP contribution in [0.25, 0.3) is 0 Å². The first kappa shape index (κ1) is 12.9. The van der Waals surface area contributed by atoms with Gasteiger partial charge in [-0.1, -0.05) is 35.3 Å². The lowest BCUT2D eigenvalue weighted by Crippen LogP contribution is -2.19. The molecule has 1 aliphatic rings. The van der Waals surface area contributed by atoms with E-state index in [9.17, 15) is 0 Å². The van der Waals surface area contributed by atoms with E-state index in [-0.39, 0.29) is 6.04 Å². The molecule has 3 heteroatoms. The normalized spacial score (nSPS) is 21.9. The fourth-order valence-corrected chi connectivity index (χ4v) is 3.21. The van der Waals surface area contributed by atoms with Gasteiger partial charge in [-0.2, -0.15) is 0 Å². The molecular weight excluding hydrogens is 276 g/mol. The molecule has 0 aromatic heterocycles. The molecular formula is C14H21BrN2. The minimum absolute atomic E-state index is 0.0837. The third-order valence-corrected chi connectivity index (χ3v) is 4.39. The van der Waals surface area contributed by atoms with Gasteiger partial charge in [0.05, 0.1) is 0 Å². The third kappa shape index (κ3) is 2.83. The number of rotatable bonds is 3. The minimum atomic E-state index is 0.0837. The molecule has 1 aromatic carbocycles. The molecule has 1 fully saturated rings. The van der Waals surface area contributed by atoms with Gasteiger partial charge in [0.1, 0.15) is 0 Å². The van der Waals surface area contributed by atoms with Crippen molar-refractivity contribution >= 4 is 21.6 Å². The monoisotopic (exact) mass is 296 g/mol. The molecule has 2 nitrogen and oxygen atoms in total. The minimum Gasteiger partial charge on any atom is -0.371 e. The van der Waals surface area contributed by atoms with Gasteiger partial charge in [0.2, 0.25) is 0 Å². The zero-order chi connectivity index (χ0) is 12.4. The summed E-state index contributed by atoms with van der Waals surface area (Å²) in [5, 5.41) is 0. The average molecular weight is 297 g/mol. The van der Waals surface area contributed by atoms with Crippen LogP contribution in [0.1, 0.15) is 38.3 Å². The van der Waals surface area contributed by atoms with Crippen molar-refractivity contribution in [2.45, 2.75) is 32.7 Å². The summed E-state index contributed by atoms with van der Waals surface area (Å²) < 4.78 is 1.13. The molecule has 0 bridgehead atoms. The Labute approximate surface area is 112 Å². The van der Waals surface area contributed by atoms with Gasteiger partial charge in [-0.25, -0.2) is 0 Å². The number of nitrogens with zero attached hydrogens (tertiary/aromatic N) is 1. The zero-order valence-corrected chi connectivity index (χ0v) is 12.2. The average Bonchev–Trinajstić information content (AvgIpc) is 2.76. The van der Waals surface area contributed by atoms with E-state index >= 15 is 0 Å². The van der Waals surface area contributed by atoms with Gasteiger partial charge in [-0.15, -0.1) is 0 Å². The number of halogens is 1. The first-order valence-corrected chi connectivity index (χ1v) is 7.21. The molecule has 2 atom stereocenters. The van der Waals surface area contributed by atoms with E-state index in [1.54, 1.807) is 0 Å². The van der Waals surface area contributed by atoms with E-state index in [0.717, 1.165) is 10.4 Å². The molecule has 17 heavy (non-hydrogen) atoms. The highest BCUT2D eigenvalue weighted by Gasteiger charge is 2.21. The summed E-state index contributed by atoms with van der Waals surface area (Å²) in [5.74, 6) is 0.863. The van der Waals surface area contributed by atoms with Crippen LogP contribution in [0, 0.1) is 5.92 Å². The Morgan fingerprint density at radius 2 is 2.29 bits per heavy atom. The molecule has 0 aliphatic carbocycles. The van der Waals surface area contributed by atoms with E-state index in [1.807, 2.05) is 6.92 Å². The van der Waals surface area contributed by atoms with Crippen LogP contribution in [0.5, 0.6) is 0 Å². The Bertz CT molecular complexity index is 390. The number of benzene rings is 1. The van der Waals surface area contributed by atoms with Gasteiger partial charge in [0.25, 0.3) is 0 Å². The Morgan fingerprint density at radius 1 is 1.53 bits per heavy atom. The molecule has 94 valence electrons. The maximum absolute atomic E-state index is 5.92. The predicted molar refractivity (Wildman–Crippen MR) is 77.4 cm³/mol. The number of nitrogens with two attached hydrogens (primary N) is 1. The predicted octanol–water partition coefficient (Wildman–Crippen LogP) is 3.71. The van der Waals surface area contributed by atoms with Crippen molar-refractivity contribution in [3.8, 4) is 0 Å². The second-order valence-electron chi connectivity index (χ2n) is 5.00. The lowest BCUT2D eigenvalue weighted by atomic mass is 10.1. The molecule has 0 amide bonds. The molecule has 2 rings (SSSR count). The number of anilines is 1. The van der Waals surface area contributed by atoms with Crippen LogP contribution >= 0.6 is 15.9 Å². The van der Waals surface area contributed by atoms with Crippen molar-refractivity contribution in [2.75, 3.05) is 18.0 Å². The van der Waals surface area contributed by atoms with Gasteiger partial charge in [-0.05, 0) is 37.0 Å². The maximum atomic E-state index is 5.92. The van der Waals surface area contributed by atoms with Crippen molar-refractivity contribution in [3.63, 3.8) is 0 Å². The summed E-state index contributed by atoms with van der Waals surface area (Å²) in [7, 11) is 0. The van der Waals surface area contributed by atoms with E-state index in [2.05, 4.69) is 46.0 Å². The van der Waals surface area contributed by atoms with Gasteiger partial charge < -0.3 is 10.6 Å². The summed E-state index contributed by atoms with van der Waals surface area (Å²) in [6, 6.07) is 6.63. The van der Waals surface area contributed by atoms with Gasteiger partial charge >= 0.3 is 0 Å². The van der Waals surface area contributed by atoms with Crippen molar-refractivity contribution < 1.29 is 0 Å². The van der Waals surface area contributed by atoms with Crippen LogP contribution in [0.15, 0.2) is 22.7 Å². The third-order valence-electron chi connectivity index (χ3n) is 3.70. The summed E-state index contributed by atoms with van der Waals surface area (Å²) in [4.78, 5) is 2.48. The molecule has 1 aliphatic heterocycles. The van der Waals surface area contributed by atoms with Crippen molar-refractivity contribution in [3.05, 3.63) is 28.2 Å². The van der Waals surface area contributed by atoms with Crippen molar-refractivity contribution in [1.82, 2.24) is 0 Å². The Hall–Kier alpha value is -0.540. The largest absolute Gasteiger partial charge is 0.371 e. The molecule has 2 N–H and O–H groups in total. The van der Waals surface area contributed by atoms with E-state index in [0.29, 0.717) is 0 Å². The van der Waals surface area contributed by atoms with E-state index < -0.39 is 0 Å². The fraction of sp³-hybridized carbons (Fsp3) is 0.571. The summed E-state index contributed by atoms with van der Waals surface area (Å²) in [6.45, 7) is 6.68. The van der Waals surface area contributed by atoms with E-state index in [1.165, 1.54) is 37.2 Å². The van der Waals surface area contributed by atoms with Crippen molar-refractivity contribution in [2.24, 2.45) is 11.7 Å². The second kappa shape index (κ2) is 5.40. The number of hydrogen-bond acceptors (Lipinski definition) is 2. The smallest absolute Gasteiger partial charge is 0.0377 e. The molecule has 1 unspecified atom stereocenters. The van der Waals surface area contributed by atoms with Crippen molar-refractivity contribution in [1.29, 1.82) is 0 Å². The molecule has 1 aromatic rings. The SMILES string of the molecule is CCC1CCN(c2ccc([C@@H](C)N)c(Br)c2)C1. The van der Waals surface area contributed by atoms with Crippen LogP contribution in [-0.4, -0.2) is 13.1 Å². The topological polar surface area (TPSA) is 29.3 Å². The molecule has 1 saturated heterocycles. The van der Waals surface area contributed by atoms with Crippen LogP contribution in [0.4, 0.5) is 5.69 Å². The first-order chi connectivity index (χ1) is 8.11. The standard InChI is InChI=1S/C14H21BrN2/c1-3-11-6-7-17(9-11)12-4-5-13(10(2)16)14(15)8-12/h4-5,8,10-11H,3,6-7,9,16H2,1-2H3/t10-,11?/m1/s1. The Balaban J connectivity index is 2.15. The molecule has 0 radical (unpaired) electrons. The van der Waals surface area contributed by atoms with Crippen LogP contribution in [0.2, 0.25) is 0 Å². The summed E-state index contributed by atoms with van der Waals surface area (Å²) in [6.07, 6.45) is 2.61. The molecule has 0 saturated carbocycles. The highest BCUT2D eigenvalue weighted by atomic mass is 79.9. The fourth-order valence-electron chi connectivity index (χ4n) is 2.48. The van der Waals surface area contributed by atoms with Crippen LogP contribution < -0.4 is 10.6 Å². The lowest BCUT2D eigenvalue weighted by molar-refractivity contribution is 0.569. The summed E-state index contributed by atoms with van der Waals surface area (Å²) in [5.41, 5.74) is 8.42. The molecule has 1 heterocycles. The van der Waals surface area contributed by atoms with E-state index in [4.69, 9.17) is 5.73 Å². The quantitative estimate of drug-likeness (QED) is 0.921. The number of hydrogen-bond donors (Lipinski definition) is 1. The maximum Gasteiger partial charge on any atom is 0.0377 e. The van der Waals surface area contributed by atoms with Crippen LogP contribution in [0.3, 0.4) is 0 Å². The molecule has 0 spiro atoms. The highest BCUT2D eigenvalue weighted by Crippen LogP contribution is 2.30. The van der Waals surface area contributed by atoms with Gasteiger partial charge in [0, 0.05) is 29.3 Å². The highest BCUT2D eigenvalue weighted by molar-refractivity contribution is 9.10. The zero-order valence-electron chi connectivity index (χ0n) is 10.6. The second-order valence-corrected chi connectivity index (χ2v) is 5.86. The summed E-state index contributed by atoms with van der Waals surface area (Å²) >= 11 is 3.62. The van der Waals surface area contributed by atoms with Gasteiger partial charge in [-0.3, -0.25) is 0 Å². The Morgan fingerprint density at radius 3 is 2.82 bits per heavy atom. The first-order valence-electron chi connectivity index (χ1n) is 6.41. The van der Waals surface area contributed by atoms with Crippen LogP contribution in [-0.2, 0) is 0 Å². The van der Waals surface area contributed by atoms with Gasteiger partial charge in [0.15, 0.2) is 0 Å². The Kier molecular flexibility index (Phi) is 4.10.